The minimum Gasteiger partial charge on any atom is -0.377 e. The first-order chi connectivity index (χ1) is 9.22. The molecule has 1 aliphatic rings. The van der Waals surface area contributed by atoms with Gasteiger partial charge in [-0.25, -0.2) is 9.97 Å². The van der Waals surface area contributed by atoms with Crippen LogP contribution in [0, 0.1) is 0 Å². The number of hydrogen-bond acceptors (Lipinski definition) is 5. The quantitative estimate of drug-likeness (QED) is 0.812. The molecule has 0 spiro atoms. The molecule has 2 atom stereocenters. The third kappa shape index (κ3) is 4.08. The maximum atomic E-state index is 5.61. The number of thioether (sulfide) groups is 1. The van der Waals surface area contributed by atoms with Crippen LogP contribution >= 0.6 is 11.8 Å². The molecular weight excluding hydrogens is 258 g/mol. The lowest BCUT2D eigenvalue weighted by atomic mass is 10.3. The van der Waals surface area contributed by atoms with Crippen molar-refractivity contribution in [3.05, 3.63) is 11.9 Å². The Hall–Kier alpha value is -0.810. The molecular formula is C14H23N3OS. The van der Waals surface area contributed by atoms with Gasteiger partial charge in [0.25, 0.3) is 0 Å². The Morgan fingerprint density at radius 3 is 2.89 bits per heavy atom. The van der Waals surface area contributed by atoms with E-state index < -0.39 is 0 Å². The van der Waals surface area contributed by atoms with Crippen molar-refractivity contribution in [1.82, 2.24) is 9.97 Å². The summed E-state index contributed by atoms with van der Waals surface area (Å²) in [5.74, 6) is 1.86. The molecule has 2 heterocycles. The Balaban J connectivity index is 2.09. The maximum Gasteiger partial charge on any atom is 0.131 e. The van der Waals surface area contributed by atoms with Crippen molar-refractivity contribution in [3.63, 3.8) is 0 Å². The topological polar surface area (TPSA) is 47.0 Å². The lowest BCUT2D eigenvalue weighted by Crippen LogP contribution is -2.14. The highest BCUT2D eigenvalue weighted by atomic mass is 32.2. The van der Waals surface area contributed by atoms with E-state index in [2.05, 4.69) is 42.1 Å². The van der Waals surface area contributed by atoms with Crippen molar-refractivity contribution >= 4 is 17.6 Å². The van der Waals surface area contributed by atoms with Crippen LogP contribution in [0.15, 0.2) is 11.1 Å². The molecule has 2 rings (SSSR count). The number of aromatic nitrogens is 2. The van der Waals surface area contributed by atoms with Crippen LogP contribution < -0.4 is 5.32 Å². The van der Waals surface area contributed by atoms with Gasteiger partial charge in [0.15, 0.2) is 0 Å². The second-order valence-corrected chi connectivity index (χ2v) is 6.07. The number of anilines is 1. The highest BCUT2D eigenvalue weighted by Gasteiger charge is 2.25. The van der Waals surface area contributed by atoms with Crippen molar-refractivity contribution in [1.29, 1.82) is 0 Å². The zero-order valence-corrected chi connectivity index (χ0v) is 12.8. The van der Waals surface area contributed by atoms with E-state index in [0.717, 1.165) is 49.1 Å². The molecule has 106 valence electrons. The Labute approximate surface area is 119 Å². The van der Waals surface area contributed by atoms with Crippen LogP contribution in [0.1, 0.15) is 39.4 Å². The van der Waals surface area contributed by atoms with E-state index in [0.29, 0.717) is 11.4 Å². The van der Waals surface area contributed by atoms with E-state index in [1.807, 2.05) is 11.8 Å². The first-order valence-corrected chi connectivity index (χ1v) is 8.01. The number of nitrogens with zero attached hydrogens (tertiary/aromatic N) is 2. The molecule has 19 heavy (non-hydrogen) atoms. The van der Waals surface area contributed by atoms with E-state index in [-0.39, 0.29) is 0 Å². The first-order valence-electron chi connectivity index (χ1n) is 7.13. The fourth-order valence-corrected chi connectivity index (χ4v) is 3.19. The summed E-state index contributed by atoms with van der Waals surface area (Å²) in [5.41, 5.74) is 0. The largest absolute Gasteiger partial charge is 0.377 e. The third-order valence-electron chi connectivity index (χ3n) is 3.20. The number of ether oxygens (including phenoxy) is 1. The first kappa shape index (κ1) is 14.6. The van der Waals surface area contributed by atoms with Gasteiger partial charge in [-0.3, -0.25) is 0 Å². The molecule has 0 amide bonds. The molecule has 1 aromatic heterocycles. The number of hydrogen-bond donors (Lipinski definition) is 1. The maximum absolute atomic E-state index is 5.61. The van der Waals surface area contributed by atoms with Crippen LogP contribution in [0.3, 0.4) is 0 Å². The predicted octanol–water partition coefficient (Wildman–Crippen LogP) is 3.13. The van der Waals surface area contributed by atoms with Crippen molar-refractivity contribution < 1.29 is 4.74 Å². The molecule has 1 saturated heterocycles. The summed E-state index contributed by atoms with van der Waals surface area (Å²) < 4.78 is 5.61. The normalized spacial score (nSPS) is 22.7. The van der Waals surface area contributed by atoms with Crippen molar-refractivity contribution in [2.75, 3.05) is 18.5 Å². The fourth-order valence-electron chi connectivity index (χ4n) is 2.06. The van der Waals surface area contributed by atoms with Gasteiger partial charge < -0.3 is 10.1 Å². The van der Waals surface area contributed by atoms with Gasteiger partial charge in [-0.1, -0.05) is 13.8 Å². The van der Waals surface area contributed by atoms with Crippen molar-refractivity contribution in [2.24, 2.45) is 0 Å². The molecule has 0 radical (unpaired) electrons. The fraction of sp³-hybridized carbons (Fsp3) is 0.714. The highest BCUT2D eigenvalue weighted by Crippen LogP contribution is 2.32. The zero-order chi connectivity index (χ0) is 13.7. The third-order valence-corrected chi connectivity index (χ3v) is 4.57. The molecule has 1 aromatic rings. The molecule has 5 heteroatoms. The summed E-state index contributed by atoms with van der Waals surface area (Å²) in [6.07, 6.45) is 3.39. The minimum atomic E-state index is 0.317. The summed E-state index contributed by atoms with van der Waals surface area (Å²) >= 11 is 1.82. The Morgan fingerprint density at radius 1 is 1.42 bits per heavy atom. The summed E-state index contributed by atoms with van der Waals surface area (Å²) in [6, 6.07) is 2.06. The van der Waals surface area contributed by atoms with E-state index in [9.17, 15) is 0 Å². The SMILES string of the molecule is CCCNc1cc(SC2CCOC2C)nc(CC)n1. The smallest absolute Gasteiger partial charge is 0.131 e. The van der Waals surface area contributed by atoms with Crippen LogP contribution in [0.5, 0.6) is 0 Å². The van der Waals surface area contributed by atoms with Crippen LogP contribution in [0.2, 0.25) is 0 Å². The predicted molar refractivity (Wildman–Crippen MR) is 79.9 cm³/mol. The number of aryl methyl sites for hydroxylation is 1. The van der Waals surface area contributed by atoms with Gasteiger partial charge in [-0.15, -0.1) is 11.8 Å². The monoisotopic (exact) mass is 281 g/mol. The summed E-state index contributed by atoms with van der Waals surface area (Å²) in [6.45, 7) is 8.21. The number of nitrogens with one attached hydrogen (secondary N) is 1. The van der Waals surface area contributed by atoms with Gasteiger partial charge in [-0.05, 0) is 19.8 Å². The Morgan fingerprint density at radius 2 is 2.26 bits per heavy atom. The lowest BCUT2D eigenvalue weighted by molar-refractivity contribution is 0.127. The molecule has 2 unspecified atom stereocenters. The second-order valence-electron chi connectivity index (χ2n) is 4.81. The molecule has 0 bridgehead atoms. The van der Waals surface area contributed by atoms with Gasteiger partial charge in [0, 0.05) is 30.9 Å². The minimum absolute atomic E-state index is 0.317. The number of rotatable bonds is 6. The Bertz CT molecular complexity index is 414. The standard InChI is InChI=1S/C14H23N3OS/c1-4-7-15-13-9-14(17-12(5-2)16-13)19-11-6-8-18-10(11)3/h9-11H,4-8H2,1-3H3,(H,15,16,17). The van der Waals surface area contributed by atoms with Crippen molar-refractivity contribution in [2.45, 2.75) is 56.4 Å². The van der Waals surface area contributed by atoms with Gasteiger partial charge in [0.1, 0.15) is 16.7 Å². The molecule has 1 aliphatic heterocycles. The average Bonchev–Trinajstić information content (AvgIpc) is 2.81. The lowest BCUT2D eigenvalue weighted by Gasteiger charge is -2.14. The molecule has 1 fully saturated rings. The summed E-state index contributed by atoms with van der Waals surface area (Å²) in [4.78, 5) is 9.13. The van der Waals surface area contributed by atoms with Gasteiger partial charge >= 0.3 is 0 Å². The van der Waals surface area contributed by atoms with E-state index in [1.165, 1.54) is 0 Å². The van der Waals surface area contributed by atoms with Gasteiger partial charge in [0.2, 0.25) is 0 Å². The molecule has 0 saturated carbocycles. The van der Waals surface area contributed by atoms with E-state index in [4.69, 9.17) is 4.74 Å². The van der Waals surface area contributed by atoms with Crippen LogP contribution in [0.25, 0.3) is 0 Å². The average molecular weight is 281 g/mol. The van der Waals surface area contributed by atoms with Crippen molar-refractivity contribution in [3.8, 4) is 0 Å². The van der Waals surface area contributed by atoms with Crippen LogP contribution in [-0.2, 0) is 11.2 Å². The van der Waals surface area contributed by atoms with E-state index in [1.54, 1.807) is 0 Å². The Kier molecular flexibility index (Phi) is 5.45. The van der Waals surface area contributed by atoms with Crippen LogP contribution in [-0.4, -0.2) is 34.5 Å². The zero-order valence-electron chi connectivity index (χ0n) is 12.0. The molecule has 4 nitrogen and oxygen atoms in total. The molecule has 0 aliphatic carbocycles. The summed E-state index contributed by atoms with van der Waals surface area (Å²) in [7, 11) is 0. The van der Waals surface area contributed by atoms with Gasteiger partial charge in [-0.2, -0.15) is 0 Å². The van der Waals surface area contributed by atoms with E-state index >= 15 is 0 Å². The van der Waals surface area contributed by atoms with Gasteiger partial charge in [0.05, 0.1) is 6.10 Å². The summed E-state index contributed by atoms with van der Waals surface area (Å²) in [5, 5.41) is 4.93. The molecule has 0 aromatic carbocycles. The highest BCUT2D eigenvalue weighted by molar-refractivity contribution is 7.99. The van der Waals surface area contributed by atoms with Crippen LogP contribution in [0.4, 0.5) is 5.82 Å². The molecule has 1 N–H and O–H groups in total. The second kappa shape index (κ2) is 7.10.